The number of nitrogens with zero attached hydrogens (tertiary/aromatic N) is 1. The van der Waals surface area contributed by atoms with Crippen LogP contribution in [0.5, 0.6) is 0 Å². The van der Waals surface area contributed by atoms with Crippen molar-refractivity contribution in [3.8, 4) is 0 Å². The molecule has 0 heterocycles. The van der Waals surface area contributed by atoms with E-state index in [0.717, 1.165) is 0 Å². The summed E-state index contributed by atoms with van der Waals surface area (Å²) < 4.78 is 0. The van der Waals surface area contributed by atoms with Gasteiger partial charge in [0.2, 0.25) is 5.91 Å². The van der Waals surface area contributed by atoms with Gasteiger partial charge in [0.1, 0.15) is 0 Å². The SMILES string of the molecule is CNC(=S)NC(=O)/C=C/c1ccc([N+](=O)[O-])cc1. The van der Waals surface area contributed by atoms with Crippen LogP contribution in [-0.4, -0.2) is 23.0 Å². The number of hydrogen-bond donors (Lipinski definition) is 2. The molecule has 0 aromatic heterocycles. The van der Waals surface area contributed by atoms with Crippen molar-refractivity contribution < 1.29 is 9.72 Å². The third kappa shape index (κ3) is 4.30. The second-order valence-corrected chi connectivity index (χ2v) is 3.66. The normalized spacial score (nSPS) is 10.1. The summed E-state index contributed by atoms with van der Waals surface area (Å²) in [5, 5.41) is 15.7. The highest BCUT2D eigenvalue weighted by Crippen LogP contribution is 2.12. The Hall–Kier alpha value is -2.28. The van der Waals surface area contributed by atoms with E-state index in [4.69, 9.17) is 12.2 Å². The summed E-state index contributed by atoms with van der Waals surface area (Å²) in [5.74, 6) is -0.368. The Morgan fingerprint density at radius 3 is 2.50 bits per heavy atom. The van der Waals surface area contributed by atoms with Gasteiger partial charge in [0.25, 0.3) is 5.69 Å². The molecule has 0 radical (unpaired) electrons. The number of rotatable bonds is 3. The van der Waals surface area contributed by atoms with E-state index in [2.05, 4.69) is 10.6 Å². The monoisotopic (exact) mass is 265 g/mol. The average Bonchev–Trinajstić information content (AvgIpc) is 2.36. The number of nitro benzene ring substituents is 1. The quantitative estimate of drug-likeness (QED) is 0.371. The van der Waals surface area contributed by atoms with Crippen LogP contribution in [-0.2, 0) is 4.79 Å². The molecular weight excluding hydrogens is 254 g/mol. The Bertz CT molecular complexity index is 497. The van der Waals surface area contributed by atoms with Crippen LogP contribution in [0.4, 0.5) is 5.69 Å². The lowest BCUT2D eigenvalue weighted by Crippen LogP contribution is -2.36. The molecule has 0 bridgehead atoms. The van der Waals surface area contributed by atoms with Gasteiger partial charge >= 0.3 is 0 Å². The van der Waals surface area contributed by atoms with Crippen molar-refractivity contribution in [3.05, 3.63) is 46.0 Å². The van der Waals surface area contributed by atoms with Crippen LogP contribution in [0.2, 0.25) is 0 Å². The van der Waals surface area contributed by atoms with E-state index in [1.165, 1.54) is 24.3 Å². The first-order chi connectivity index (χ1) is 8.52. The highest BCUT2D eigenvalue weighted by molar-refractivity contribution is 7.80. The molecule has 94 valence electrons. The van der Waals surface area contributed by atoms with Crippen molar-refractivity contribution in [3.63, 3.8) is 0 Å². The summed E-state index contributed by atoms with van der Waals surface area (Å²) in [7, 11) is 1.60. The van der Waals surface area contributed by atoms with Gasteiger partial charge in [-0.25, -0.2) is 0 Å². The van der Waals surface area contributed by atoms with E-state index in [9.17, 15) is 14.9 Å². The zero-order valence-corrected chi connectivity index (χ0v) is 10.4. The molecule has 0 fully saturated rings. The van der Waals surface area contributed by atoms with E-state index in [1.54, 1.807) is 19.2 Å². The van der Waals surface area contributed by atoms with Gasteiger partial charge in [-0.3, -0.25) is 20.2 Å². The van der Waals surface area contributed by atoms with Gasteiger partial charge < -0.3 is 5.32 Å². The zero-order chi connectivity index (χ0) is 13.5. The molecule has 0 aliphatic carbocycles. The summed E-state index contributed by atoms with van der Waals surface area (Å²) >= 11 is 4.76. The molecule has 2 N–H and O–H groups in total. The fourth-order valence-electron chi connectivity index (χ4n) is 1.10. The standard InChI is InChI=1S/C11H11N3O3S/c1-12-11(18)13-10(15)7-4-8-2-5-9(6-3-8)14(16)17/h2-7H,1H3,(H2,12,13,15,18)/b7-4+. The van der Waals surface area contributed by atoms with Gasteiger partial charge in [-0.2, -0.15) is 0 Å². The Labute approximate surface area is 109 Å². The zero-order valence-electron chi connectivity index (χ0n) is 9.54. The fourth-order valence-corrected chi connectivity index (χ4v) is 1.20. The third-order valence-corrected chi connectivity index (χ3v) is 2.30. The van der Waals surface area contributed by atoms with Gasteiger partial charge in [-0.15, -0.1) is 0 Å². The number of carbonyl (C=O) groups excluding carboxylic acids is 1. The maximum absolute atomic E-state index is 11.3. The van der Waals surface area contributed by atoms with Crippen LogP contribution in [0, 0.1) is 10.1 Å². The second-order valence-electron chi connectivity index (χ2n) is 3.25. The van der Waals surface area contributed by atoms with Crippen molar-refractivity contribution in [1.82, 2.24) is 10.6 Å². The first-order valence-corrected chi connectivity index (χ1v) is 5.39. The van der Waals surface area contributed by atoms with Gasteiger partial charge in [0.15, 0.2) is 5.11 Å². The summed E-state index contributed by atoms with van der Waals surface area (Å²) in [6, 6.07) is 5.85. The fraction of sp³-hybridized carbons (Fsp3) is 0.0909. The maximum atomic E-state index is 11.3. The molecule has 0 spiro atoms. The lowest BCUT2D eigenvalue weighted by Gasteiger charge is -2.01. The minimum atomic E-state index is -0.481. The number of non-ortho nitro benzene ring substituents is 1. The van der Waals surface area contributed by atoms with Gasteiger partial charge in [-0.1, -0.05) is 0 Å². The van der Waals surface area contributed by atoms with Crippen LogP contribution < -0.4 is 10.6 Å². The second kappa shape index (κ2) is 6.45. The Morgan fingerprint density at radius 2 is 2.00 bits per heavy atom. The number of carbonyl (C=O) groups is 1. The van der Waals surface area contributed by atoms with E-state index in [1.807, 2.05) is 0 Å². The van der Waals surface area contributed by atoms with Crippen LogP contribution in [0.25, 0.3) is 6.08 Å². The van der Waals surface area contributed by atoms with Crippen LogP contribution >= 0.6 is 12.2 Å². The Balaban J connectivity index is 2.64. The summed E-state index contributed by atoms with van der Waals surface area (Å²) in [6.07, 6.45) is 2.84. The predicted octanol–water partition coefficient (Wildman–Crippen LogP) is 1.23. The molecule has 18 heavy (non-hydrogen) atoms. The molecule has 0 unspecified atom stereocenters. The predicted molar refractivity (Wildman–Crippen MR) is 71.9 cm³/mol. The molecule has 1 rings (SSSR count). The smallest absolute Gasteiger partial charge is 0.269 e. The van der Waals surface area contributed by atoms with Crippen LogP contribution in [0.3, 0.4) is 0 Å². The molecule has 0 saturated carbocycles. The van der Waals surface area contributed by atoms with E-state index in [0.29, 0.717) is 5.56 Å². The molecular formula is C11H11N3O3S. The number of nitrogens with one attached hydrogen (secondary N) is 2. The van der Waals surface area contributed by atoms with E-state index < -0.39 is 4.92 Å². The summed E-state index contributed by atoms with van der Waals surface area (Å²) in [6.45, 7) is 0. The molecule has 1 aromatic carbocycles. The molecule has 0 aliphatic heterocycles. The van der Waals surface area contributed by atoms with E-state index in [-0.39, 0.29) is 16.7 Å². The summed E-state index contributed by atoms with van der Waals surface area (Å²) in [5.41, 5.74) is 0.694. The van der Waals surface area contributed by atoms with Gasteiger partial charge in [-0.05, 0) is 36.0 Å². The van der Waals surface area contributed by atoms with Crippen molar-refractivity contribution in [1.29, 1.82) is 0 Å². The largest absolute Gasteiger partial charge is 0.365 e. The molecule has 0 aliphatic rings. The van der Waals surface area contributed by atoms with Crippen molar-refractivity contribution in [2.45, 2.75) is 0 Å². The number of nitro groups is 1. The van der Waals surface area contributed by atoms with Crippen LogP contribution in [0.1, 0.15) is 5.56 Å². The molecule has 0 saturated heterocycles. The van der Waals surface area contributed by atoms with Crippen LogP contribution in [0.15, 0.2) is 30.3 Å². The molecule has 1 amide bonds. The summed E-state index contributed by atoms with van der Waals surface area (Å²) in [4.78, 5) is 21.3. The number of thiocarbonyl (C=S) groups is 1. The topological polar surface area (TPSA) is 84.3 Å². The van der Waals surface area contributed by atoms with E-state index >= 15 is 0 Å². The first kappa shape index (κ1) is 13.8. The molecule has 6 nitrogen and oxygen atoms in total. The Kier molecular flexibility index (Phi) is 4.94. The number of amides is 1. The lowest BCUT2D eigenvalue weighted by atomic mass is 10.2. The van der Waals surface area contributed by atoms with Crippen molar-refractivity contribution in [2.24, 2.45) is 0 Å². The average molecular weight is 265 g/mol. The third-order valence-electron chi connectivity index (χ3n) is 1.99. The van der Waals surface area contributed by atoms with Gasteiger partial charge in [0.05, 0.1) is 4.92 Å². The molecule has 7 heteroatoms. The van der Waals surface area contributed by atoms with Crippen molar-refractivity contribution in [2.75, 3.05) is 7.05 Å². The minimum absolute atomic E-state index is 0.00737. The minimum Gasteiger partial charge on any atom is -0.365 e. The maximum Gasteiger partial charge on any atom is 0.269 e. The number of hydrogen-bond acceptors (Lipinski definition) is 4. The highest BCUT2D eigenvalue weighted by atomic mass is 32.1. The lowest BCUT2D eigenvalue weighted by molar-refractivity contribution is -0.384. The van der Waals surface area contributed by atoms with Gasteiger partial charge in [0, 0.05) is 25.3 Å². The molecule has 0 atom stereocenters. The van der Waals surface area contributed by atoms with Crippen molar-refractivity contribution >= 4 is 35.0 Å². The highest BCUT2D eigenvalue weighted by Gasteiger charge is 2.02. The molecule has 1 aromatic rings. The Morgan fingerprint density at radius 1 is 1.39 bits per heavy atom. The number of benzene rings is 1. The first-order valence-electron chi connectivity index (χ1n) is 4.98.